The van der Waals surface area contributed by atoms with Crippen molar-refractivity contribution in [2.75, 3.05) is 11.5 Å². The number of benzene rings is 3. The molecule has 0 radical (unpaired) electrons. The van der Waals surface area contributed by atoms with E-state index in [2.05, 4.69) is 0 Å². The summed E-state index contributed by atoms with van der Waals surface area (Å²) in [6, 6.07) is 25.8. The van der Waals surface area contributed by atoms with Crippen LogP contribution in [0, 0.1) is 6.92 Å². The van der Waals surface area contributed by atoms with Crippen LogP contribution in [0.25, 0.3) is 11.8 Å². The lowest BCUT2D eigenvalue weighted by Crippen LogP contribution is -2.25. The first-order valence-electron chi connectivity index (χ1n) is 9.79. The Kier molecular flexibility index (Phi) is 5.30. The predicted octanol–water partition coefficient (Wildman–Crippen LogP) is 5.87. The fourth-order valence-electron chi connectivity index (χ4n) is 3.50. The van der Waals surface area contributed by atoms with Crippen LogP contribution in [0.3, 0.4) is 0 Å². The molecular formula is C26H23NO2. The second-order valence-electron chi connectivity index (χ2n) is 6.92. The molecule has 3 aromatic carbocycles. The van der Waals surface area contributed by atoms with Crippen molar-refractivity contribution in [3.05, 3.63) is 107 Å². The average Bonchev–Trinajstić information content (AvgIpc) is 3.07. The molecule has 0 saturated carbocycles. The third kappa shape index (κ3) is 3.85. The highest BCUT2D eigenvalue weighted by Crippen LogP contribution is 2.36. The number of carbonyl (C=O) groups excluding carboxylic acids is 1. The molecule has 1 heterocycles. The molecule has 29 heavy (non-hydrogen) atoms. The van der Waals surface area contributed by atoms with E-state index in [0.717, 1.165) is 33.8 Å². The van der Waals surface area contributed by atoms with Crippen molar-refractivity contribution in [1.82, 2.24) is 0 Å². The molecule has 144 valence electrons. The molecule has 0 aromatic heterocycles. The number of carbonyl (C=O) groups is 1. The Bertz CT molecular complexity index is 1080. The summed E-state index contributed by atoms with van der Waals surface area (Å²) < 4.78 is 5.51. The van der Waals surface area contributed by atoms with Gasteiger partial charge in [-0.25, -0.2) is 0 Å². The van der Waals surface area contributed by atoms with Gasteiger partial charge in [0.2, 0.25) is 0 Å². The standard InChI is InChI=1S/C26H23NO2/c1-3-29-23-15-13-20(14-16-23)17-22-18-25(21-10-5-4-6-11-21)27(26(22)28)24-12-8-7-9-19(24)2/h4-18H,3H2,1-2H3/b22-17+. The van der Waals surface area contributed by atoms with E-state index in [4.69, 9.17) is 4.74 Å². The van der Waals surface area contributed by atoms with Crippen LogP contribution in [0.15, 0.2) is 90.5 Å². The summed E-state index contributed by atoms with van der Waals surface area (Å²) in [5, 5.41) is 0. The Morgan fingerprint density at radius 3 is 2.28 bits per heavy atom. The SMILES string of the molecule is CCOc1ccc(/C=C2\C=C(c3ccccc3)N(c3ccccc3C)C2=O)cc1. The van der Waals surface area contributed by atoms with Crippen LogP contribution in [0.2, 0.25) is 0 Å². The van der Waals surface area contributed by atoms with Crippen LogP contribution in [0.1, 0.15) is 23.6 Å². The van der Waals surface area contributed by atoms with Crippen LogP contribution in [-0.4, -0.2) is 12.5 Å². The van der Waals surface area contributed by atoms with Gasteiger partial charge in [-0.1, -0.05) is 60.7 Å². The first-order valence-corrected chi connectivity index (χ1v) is 9.79. The number of ether oxygens (including phenoxy) is 1. The lowest BCUT2D eigenvalue weighted by Gasteiger charge is -2.22. The van der Waals surface area contributed by atoms with Crippen LogP contribution >= 0.6 is 0 Å². The van der Waals surface area contributed by atoms with E-state index in [-0.39, 0.29) is 5.91 Å². The lowest BCUT2D eigenvalue weighted by atomic mass is 10.1. The molecule has 3 heteroatoms. The van der Waals surface area contributed by atoms with Crippen molar-refractivity contribution in [1.29, 1.82) is 0 Å². The number of amides is 1. The molecule has 0 saturated heterocycles. The van der Waals surface area contributed by atoms with Crippen LogP contribution in [-0.2, 0) is 4.79 Å². The van der Waals surface area contributed by atoms with Gasteiger partial charge >= 0.3 is 0 Å². The third-order valence-electron chi connectivity index (χ3n) is 4.92. The molecule has 0 fully saturated rings. The molecule has 3 nitrogen and oxygen atoms in total. The maximum Gasteiger partial charge on any atom is 0.262 e. The highest BCUT2D eigenvalue weighted by atomic mass is 16.5. The topological polar surface area (TPSA) is 29.5 Å². The Balaban J connectivity index is 1.77. The minimum absolute atomic E-state index is 0.0213. The van der Waals surface area contributed by atoms with E-state index >= 15 is 0 Å². The van der Waals surface area contributed by atoms with Crippen molar-refractivity contribution >= 4 is 23.4 Å². The summed E-state index contributed by atoms with van der Waals surface area (Å²) in [5.41, 5.74) is 5.50. The highest BCUT2D eigenvalue weighted by molar-refractivity contribution is 6.23. The second-order valence-corrected chi connectivity index (χ2v) is 6.92. The molecule has 0 atom stereocenters. The van der Waals surface area contributed by atoms with Crippen molar-refractivity contribution < 1.29 is 9.53 Å². The van der Waals surface area contributed by atoms with Crippen LogP contribution in [0.5, 0.6) is 5.75 Å². The smallest absolute Gasteiger partial charge is 0.262 e. The molecule has 0 spiro atoms. The third-order valence-corrected chi connectivity index (χ3v) is 4.92. The van der Waals surface area contributed by atoms with Crippen molar-refractivity contribution in [2.24, 2.45) is 0 Å². The van der Waals surface area contributed by atoms with E-state index in [1.807, 2.05) is 110 Å². The molecule has 1 aliphatic rings. The van der Waals surface area contributed by atoms with Gasteiger partial charge in [0.05, 0.1) is 18.0 Å². The molecule has 0 unspecified atom stereocenters. The zero-order chi connectivity index (χ0) is 20.2. The highest BCUT2D eigenvalue weighted by Gasteiger charge is 2.31. The Morgan fingerprint density at radius 1 is 0.897 bits per heavy atom. The molecule has 0 bridgehead atoms. The Hall–Kier alpha value is -3.59. The van der Waals surface area contributed by atoms with E-state index in [1.165, 1.54) is 0 Å². The fraction of sp³-hybridized carbons (Fsp3) is 0.115. The van der Waals surface area contributed by atoms with E-state index in [0.29, 0.717) is 12.2 Å². The number of anilines is 1. The summed E-state index contributed by atoms with van der Waals surface area (Å²) in [7, 11) is 0. The Labute approximate surface area is 171 Å². The van der Waals surface area contributed by atoms with E-state index in [9.17, 15) is 4.79 Å². The van der Waals surface area contributed by atoms with Crippen molar-refractivity contribution in [3.8, 4) is 5.75 Å². The first-order chi connectivity index (χ1) is 14.2. The summed E-state index contributed by atoms with van der Waals surface area (Å²) in [4.78, 5) is 15.2. The lowest BCUT2D eigenvalue weighted by molar-refractivity contribution is -0.113. The summed E-state index contributed by atoms with van der Waals surface area (Å²) in [5.74, 6) is 0.807. The fourth-order valence-corrected chi connectivity index (χ4v) is 3.50. The number of aryl methyl sites for hydroxylation is 1. The molecular weight excluding hydrogens is 358 g/mol. The number of nitrogens with zero attached hydrogens (tertiary/aromatic N) is 1. The molecule has 1 aliphatic heterocycles. The molecule has 0 N–H and O–H groups in total. The second kappa shape index (κ2) is 8.19. The maximum atomic E-state index is 13.4. The van der Waals surface area contributed by atoms with Gasteiger partial charge in [-0.05, 0) is 60.9 Å². The number of hydrogen-bond acceptors (Lipinski definition) is 2. The Morgan fingerprint density at radius 2 is 1.59 bits per heavy atom. The van der Waals surface area contributed by atoms with Gasteiger partial charge in [0, 0.05) is 5.57 Å². The molecule has 4 rings (SSSR count). The largest absolute Gasteiger partial charge is 0.494 e. The number of hydrogen-bond donors (Lipinski definition) is 0. The predicted molar refractivity (Wildman–Crippen MR) is 119 cm³/mol. The average molecular weight is 381 g/mol. The van der Waals surface area contributed by atoms with Gasteiger partial charge in [0.25, 0.3) is 5.91 Å². The van der Waals surface area contributed by atoms with E-state index in [1.54, 1.807) is 0 Å². The van der Waals surface area contributed by atoms with Gasteiger partial charge in [0.1, 0.15) is 5.75 Å². The molecule has 3 aromatic rings. The van der Waals surface area contributed by atoms with Gasteiger partial charge in [-0.15, -0.1) is 0 Å². The van der Waals surface area contributed by atoms with Crippen molar-refractivity contribution in [2.45, 2.75) is 13.8 Å². The zero-order valence-corrected chi connectivity index (χ0v) is 16.6. The normalized spacial score (nSPS) is 15.0. The zero-order valence-electron chi connectivity index (χ0n) is 16.6. The van der Waals surface area contributed by atoms with Crippen LogP contribution in [0.4, 0.5) is 5.69 Å². The number of rotatable bonds is 5. The summed E-state index contributed by atoms with van der Waals surface area (Å²) >= 11 is 0. The maximum absolute atomic E-state index is 13.4. The van der Waals surface area contributed by atoms with Crippen molar-refractivity contribution in [3.63, 3.8) is 0 Å². The van der Waals surface area contributed by atoms with Crippen LogP contribution < -0.4 is 9.64 Å². The summed E-state index contributed by atoms with van der Waals surface area (Å²) in [6.45, 7) is 4.62. The van der Waals surface area contributed by atoms with Gasteiger partial charge in [-0.2, -0.15) is 0 Å². The molecule has 1 amide bonds. The van der Waals surface area contributed by atoms with Gasteiger partial charge in [0.15, 0.2) is 0 Å². The minimum atomic E-state index is -0.0213. The first kappa shape index (κ1) is 18.8. The van der Waals surface area contributed by atoms with Gasteiger partial charge in [-0.3, -0.25) is 9.69 Å². The monoisotopic (exact) mass is 381 g/mol. The summed E-state index contributed by atoms with van der Waals surface area (Å²) in [6.07, 6.45) is 3.90. The van der Waals surface area contributed by atoms with Gasteiger partial charge < -0.3 is 4.74 Å². The van der Waals surface area contributed by atoms with E-state index < -0.39 is 0 Å². The minimum Gasteiger partial charge on any atom is -0.494 e. The number of para-hydroxylation sites is 1. The quantitative estimate of drug-likeness (QED) is 0.518. The molecule has 0 aliphatic carbocycles.